The normalized spacial score (nSPS) is 11.0. The van der Waals surface area contributed by atoms with Gasteiger partial charge < -0.3 is 9.84 Å². The molecule has 2 aromatic heterocycles. The SMILES string of the molecule is Cc1nc(CNc2cc(C(C)C)on2)cs1. The summed E-state index contributed by atoms with van der Waals surface area (Å²) in [7, 11) is 0. The summed E-state index contributed by atoms with van der Waals surface area (Å²) in [5.74, 6) is 2.04. The van der Waals surface area contributed by atoms with E-state index in [9.17, 15) is 0 Å². The van der Waals surface area contributed by atoms with E-state index in [0.29, 0.717) is 12.5 Å². The summed E-state index contributed by atoms with van der Waals surface area (Å²) in [6.45, 7) is 6.84. The number of thiazole rings is 1. The van der Waals surface area contributed by atoms with Crippen LogP contribution in [-0.4, -0.2) is 10.1 Å². The second kappa shape index (κ2) is 4.65. The van der Waals surface area contributed by atoms with Gasteiger partial charge in [-0.15, -0.1) is 11.3 Å². The Hall–Kier alpha value is -1.36. The smallest absolute Gasteiger partial charge is 0.169 e. The molecule has 0 atom stereocenters. The number of anilines is 1. The van der Waals surface area contributed by atoms with Crippen molar-refractivity contribution in [2.45, 2.75) is 33.2 Å². The van der Waals surface area contributed by atoms with E-state index in [-0.39, 0.29) is 0 Å². The van der Waals surface area contributed by atoms with Crippen molar-refractivity contribution in [3.63, 3.8) is 0 Å². The minimum atomic E-state index is 0.365. The van der Waals surface area contributed by atoms with Crippen LogP contribution >= 0.6 is 11.3 Å². The van der Waals surface area contributed by atoms with Gasteiger partial charge in [0.25, 0.3) is 0 Å². The molecule has 0 unspecified atom stereocenters. The van der Waals surface area contributed by atoms with Crippen molar-refractivity contribution in [1.29, 1.82) is 0 Å². The molecule has 2 rings (SSSR count). The summed E-state index contributed by atoms with van der Waals surface area (Å²) >= 11 is 1.65. The maximum absolute atomic E-state index is 5.19. The van der Waals surface area contributed by atoms with Crippen LogP contribution in [0.25, 0.3) is 0 Å². The molecule has 0 aliphatic heterocycles. The molecule has 0 aromatic carbocycles. The zero-order chi connectivity index (χ0) is 11.5. The molecule has 0 aliphatic carbocycles. The van der Waals surface area contributed by atoms with Crippen molar-refractivity contribution in [3.8, 4) is 0 Å². The maximum atomic E-state index is 5.19. The van der Waals surface area contributed by atoms with Crippen molar-refractivity contribution in [3.05, 3.63) is 27.9 Å². The molecule has 0 saturated heterocycles. The van der Waals surface area contributed by atoms with E-state index in [2.05, 4.69) is 29.3 Å². The van der Waals surface area contributed by atoms with Crippen molar-refractivity contribution in [2.24, 2.45) is 0 Å². The maximum Gasteiger partial charge on any atom is 0.169 e. The average Bonchev–Trinajstić information content (AvgIpc) is 2.83. The van der Waals surface area contributed by atoms with Gasteiger partial charge in [-0.25, -0.2) is 4.98 Å². The average molecular weight is 237 g/mol. The molecule has 5 heteroatoms. The monoisotopic (exact) mass is 237 g/mol. The molecule has 1 N–H and O–H groups in total. The zero-order valence-electron chi connectivity index (χ0n) is 9.65. The largest absolute Gasteiger partial charge is 0.362 e. The van der Waals surface area contributed by atoms with E-state index < -0.39 is 0 Å². The molecule has 0 fully saturated rings. The number of aryl methyl sites for hydroxylation is 1. The van der Waals surface area contributed by atoms with Crippen LogP contribution in [0.5, 0.6) is 0 Å². The Balaban J connectivity index is 1.94. The van der Waals surface area contributed by atoms with Gasteiger partial charge in [-0.05, 0) is 6.92 Å². The van der Waals surface area contributed by atoms with Crippen LogP contribution in [0.1, 0.15) is 36.2 Å². The first-order valence-electron chi connectivity index (χ1n) is 5.26. The number of rotatable bonds is 4. The highest BCUT2D eigenvalue weighted by Crippen LogP contribution is 2.18. The molecule has 16 heavy (non-hydrogen) atoms. The van der Waals surface area contributed by atoms with Crippen molar-refractivity contribution < 1.29 is 4.52 Å². The van der Waals surface area contributed by atoms with E-state index in [1.807, 2.05) is 18.4 Å². The third-order valence-corrected chi connectivity index (χ3v) is 3.04. The van der Waals surface area contributed by atoms with Crippen molar-refractivity contribution in [2.75, 3.05) is 5.32 Å². The molecule has 0 aliphatic rings. The fraction of sp³-hybridized carbons (Fsp3) is 0.455. The lowest BCUT2D eigenvalue weighted by molar-refractivity contribution is 0.373. The van der Waals surface area contributed by atoms with Crippen LogP contribution in [0.2, 0.25) is 0 Å². The number of hydrogen-bond acceptors (Lipinski definition) is 5. The van der Waals surface area contributed by atoms with Crippen LogP contribution in [-0.2, 0) is 6.54 Å². The summed E-state index contributed by atoms with van der Waals surface area (Å²) in [5, 5.41) is 10.3. The summed E-state index contributed by atoms with van der Waals surface area (Å²) in [5.41, 5.74) is 1.04. The standard InChI is InChI=1S/C11H15N3OS/c1-7(2)10-4-11(14-15-10)12-5-9-6-16-8(3)13-9/h4,6-7H,5H2,1-3H3,(H,12,14). The van der Waals surface area contributed by atoms with Crippen molar-refractivity contribution in [1.82, 2.24) is 10.1 Å². The van der Waals surface area contributed by atoms with Gasteiger partial charge in [0.15, 0.2) is 5.82 Å². The van der Waals surface area contributed by atoms with Crippen LogP contribution in [0, 0.1) is 6.92 Å². The van der Waals surface area contributed by atoms with E-state index in [1.54, 1.807) is 11.3 Å². The highest BCUT2D eigenvalue weighted by atomic mass is 32.1. The Kier molecular flexibility index (Phi) is 3.24. The number of nitrogens with zero attached hydrogens (tertiary/aromatic N) is 2. The lowest BCUT2D eigenvalue weighted by Gasteiger charge is -1.97. The van der Waals surface area contributed by atoms with Crippen LogP contribution < -0.4 is 5.32 Å². The van der Waals surface area contributed by atoms with Crippen LogP contribution in [0.4, 0.5) is 5.82 Å². The van der Waals surface area contributed by atoms with Gasteiger partial charge in [0.1, 0.15) is 5.76 Å². The topological polar surface area (TPSA) is 51.0 Å². The fourth-order valence-corrected chi connectivity index (χ4v) is 1.93. The lowest BCUT2D eigenvalue weighted by atomic mass is 10.2. The first-order valence-corrected chi connectivity index (χ1v) is 6.14. The molecule has 86 valence electrons. The van der Waals surface area contributed by atoms with Gasteiger partial charge in [-0.2, -0.15) is 0 Å². The van der Waals surface area contributed by atoms with Gasteiger partial charge in [0.05, 0.1) is 17.2 Å². The van der Waals surface area contributed by atoms with Crippen LogP contribution in [0.3, 0.4) is 0 Å². The summed E-state index contributed by atoms with van der Waals surface area (Å²) in [6.07, 6.45) is 0. The third-order valence-electron chi connectivity index (χ3n) is 2.21. The van der Waals surface area contributed by atoms with E-state index >= 15 is 0 Å². The molecule has 2 aromatic rings. The first kappa shape index (κ1) is 11.1. The zero-order valence-corrected chi connectivity index (χ0v) is 10.5. The molecule has 4 nitrogen and oxygen atoms in total. The third kappa shape index (κ3) is 2.61. The molecule has 0 spiro atoms. The predicted molar refractivity (Wildman–Crippen MR) is 64.8 cm³/mol. The number of aromatic nitrogens is 2. The molecule has 0 amide bonds. The quantitative estimate of drug-likeness (QED) is 0.887. The van der Waals surface area contributed by atoms with Crippen LogP contribution in [0.15, 0.2) is 16.0 Å². The van der Waals surface area contributed by atoms with Gasteiger partial charge in [-0.1, -0.05) is 19.0 Å². The minimum absolute atomic E-state index is 0.365. The van der Waals surface area contributed by atoms with E-state index in [1.165, 1.54) is 0 Å². The molecular formula is C11H15N3OS. The Morgan fingerprint density at radius 1 is 1.50 bits per heavy atom. The van der Waals surface area contributed by atoms with Gasteiger partial charge in [0.2, 0.25) is 0 Å². The Labute approximate surface area is 98.7 Å². The van der Waals surface area contributed by atoms with Gasteiger partial charge in [0, 0.05) is 17.4 Å². The predicted octanol–water partition coefficient (Wildman–Crippen LogP) is 3.18. The highest BCUT2D eigenvalue weighted by molar-refractivity contribution is 7.09. The minimum Gasteiger partial charge on any atom is -0.362 e. The summed E-state index contributed by atoms with van der Waals surface area (Å²) < 4.78 is 5.19. The Morgan fingerprint density at radius 2 is 2.31 bits per heavy atom. The number of hydrogen-bond donors (Lipinski definition) is 1. The van der Waals surface area contributed by atoms with E-state index in [4.69, 9.17) is 4.52 Å². The lowest BCUT2D eigenvalue weighted by Crippen LogP contribution is -1.99. The summed E-state index contributed by atoms with van der Waals surface area (Å²) in [4.78, 5) is 4.37. The second-order valence-electron chi connectivity index (χ2n) is 3.98. The Bertz CT molecular complexity index is 461. The molecule has 0 bridgehead atoms. The fourth-order valence-electron chi connectivity index (χ4n) is 1.32. The van der Waals surface area contributed by atoms with Gasteiger partial charge in [-0.3, -0.25) is 0 Å². The molecule has 0 saturated carbocycles. The number of nitrogens with one attached hydrogen (secondary N) is 1. The van der Waals surface area contributed by atoms with Crippen molar-refractivity contribution >= 4 is 17.2 Å². The Morgan fingerprint density at radius 3 is 2.88 bits per heavy atom. The molecule has 2 heterocycles. The second-order valence-corrected chi connectivity index (χ2v) is 5.04. The van der Waals surface area contributed by atoms with E-state index in [0.717, 1.165) is 22.3 Å². The molecule has 0 radical (unpaired) electrons. The molecular weight excluding hydrogens is 222 g/mol. The highest BCUT2D eigenvalue weighted by Gasteiger charge is 2.07. The van der Waals surface area contributed by atoms with Gasteiger partial charge >= 0.3 is 0 Å². The first-order chi connectivity index (χ1) is 7.65. The summed E-state index contributed by atoms with van der Waals surface area (Å²) in [6, 6.07) is 1.93.